The molecule has 0 saturated carbocycles. The van der Waals surface area contributed by atoms with Crippen LogP contribution >= 0.6 is 0 Å². The van der Waals surface area contributed by atoms with Crippen molar-refractivity contribution < 1.29 is 18.0 Å². The lowest BCUT2D eigenvalue weighted by Crippen LogP contribution is -2.42. The fourth-order valence-corrected chi connectivity index (χ4v) is 5.22. The molecule has 0 radical (unpaired) electrons. The molecule has 2 N–H and O–H groups in total. The Bertz CT molecular complexity index is 1050. The molecule has 2 amide bonds. The number of fused-ring (bicyclic) bond motifs is 1. The van der Waals surface area contributed by atoms with Crippen LogP contribution in [0.2, 0.25) is 0 Å². The molecule has 0 bridgehead atoms. The van der Waals surface area contributed by atoms with E-state index < -0.39 is 16.1 Å². The maximum atomic E-state index is 13.4. The van der Waals surface area contributed by atoms with Gasteiger partial charge in [-0.2, -0.15) is 4.31 Å². The first-order valence-corrected chi connectivity index (χ1v) is 11.1. The average molecular weight is 428 g/mol. The number of rotatable bonds is 7. The number of carbonyl (C=O) groups is 2. The molecule has 1 aliphatic heterocycles. The molecule has 30 heavy (non-hydrogen) atoms. The first-order valence-electron chi connectivity index (χ1n) is 9.68. The van der Waals surface area contributed by atoms with Crippen molar-refractivity contribution >= 4 is 27.5 Å². The van der Waals surface area contributed by atoms with Crippen LogP contribution in [-0.2, 0) is 26.0 Å². The largest absolute Gasteiger partial charge is 0.353 e. The van der Waals surface area contributed by atoms with E-state index in [1.165, 1.54) is 23.4 Å². The highest BCUT2D eigenvalue weighted by Gasteiger charge is 2.37. The lowest BCUT2D eigenvalue weighted by molar-refractivity contribution is -0.121. The summed E-state index contributed by atoms with van der Waals surface area (Å²) >= 11 is 0. The second-order valence-corrected chi connectivity index (χ2v) is 8.97. The van der Waals surface area contributed by atoms with Crippen LogP contribution in [0.3, 0.4) is 0 Å². The van der Waals surface area contributed by atoms with Crippen LogP contribution in [0.25, 0.3) is 0 Å². The van der Waals surface area contributed by atoms with E-state index in [1.807, 2.05) is 24.3 Å². The molecule has 0 aromatic heterocycles. The molecule has 1 aliphatic rings. The molecule has 158 valence electrons. The predicted molar refractivity (Wildman–Crippen MR) is 115 cm³/mol. The molecule has 0 unspecified atom stereocenters. The van der Waals surface area contributed by atoms with Crippen LogP contribution in [0.4, 0.5) is 5.69 Å². The molecular weight excluding hydrogens is 402 g/mol. The molecule has 1 atom stereocenters. The molecule has 0 fully saturated rings. The molecule has 2 aromatic carbocycles. The normalized spacial score (nSPS) is 16.4. The SMILES string of the molecule is C=CCNC(=O)C[C@H]1c2ccccc2CCN1S(=O)(=O)c1ccc(NC(C)=O)cc1. The Morgan fingerprint density at radius 2 is 1.87 bits per heavy atom. The fourth-order valence-electron chi connectivity index (χ4n) is 3.61. The van der Waals surface area contributed by atoms with Gasteiger partial charge in [-0.05, 0) is 41.8 Å². The summed E-state index contributed by atoms with van der Waals surface area (Å²) in [5.41, 5.74) is 2.41. The summed E-state index contributed by atoms with van der Waals surface area (Å²) in [5, 5.41) is 5.35. The van der Waals surface area contributed by atoms with Gasteiger partial charge in [-0.1, -0.05) is 30.3 Å². The minimum absolute atomic E-state index is 0.0219. The highest BCUT2D eigenvalue weighted by Crippen LogP contribution is 2.36. The third-order valence-electron chi connectivity index (χ3n) is 4.97. The van der Waals surface area contributed by atoms with E-state index in [1.54, 1.807) is 18.2 Å². The Kier molecular flexibility index (Phi) is 6.69. The summed E-state index contributed by atoms with van der Waals surface area (Å²) in [6.45, 7) is 5.58. The summed E-state index contributed by atoms with van der Waals surface area (Å²) in [7, 11) is -3.84. The van der Waals surface area contributed by atoms with E-state index in [4.69, 9.17) is 0 Å². The Morgan fingerprint density at radius 3 is 2.53 bits per heavy atom. The lowest BCUT2D eigenvalue weighted by atomic mass is 9.92. The molecule has 0 spiro atoms. The zero-order valence-electron chi connectivity index (χ0n) is 16.8. The van der Waals surface area contributed by atoms with Crippen molar-refractivity contribution in [3.63, 3.8) is 0 Å². The second kappa shape index (κ2) is 9.23. The van der Waals surface area contributed by atoms with Crippen LogP contribution in [0, 0.1) is 0 Å². The quantitative estimate of drug-likeness (QED) is 0.664. The van der Waals surface area contributed by atoms with Gasteiger partial charge in [0.1, 0.15) is 0 Å². The number of benzene rings is 2. The van der Waals surface area contributed by atoms with Crippen molar-refractivity contribution in [1.29, 1.82) is 0 Å². The van der Waals surface area contributed by atoms with Crippen LogP contribution in [0.15, 0.2) is 66.1 Å². The number of anilines is 1. The Hall–Kier alpha value is -2.97. The van der Waals surface area contributed by atoms with Crippen molar-refractivity contribution in [3.8, 4) is 0 Å². The van der Waals surface area contributed by atoms with Gasteiger partial charge < -0.3 is 10.6 Å². The minimum Gasteiger partial charge on any atom is -0.353 e. The van der Waals surface area contributed by atoms with Crippen molar-refractivity contribution in [2.45, 2.75) is 30.7 Å². The standard InChI is InChI=1S/C22H25N3O4S/c1-3-13-23-22(27)15-21-20-7-5-4-6-17(20)12-14-25(21)30(28,29)19-10-8-18(9-11-19)24-16(2)26/h3-11,21H,1,12-15H2,2H3,(H,23,27)(H,24,26)/t21-/m0/s1. The van der Waals surface area contributed by atoms with E-state index in [2.05, 4.69) is 17.2 Å². The molecule has 0 saturated heterocycles. The molecule has 3 rings (SSSR count). The summed E-state index contributed by atoms with van der Waals surface area (Å²) in [5.74, 6) is -0.471. The minimum atomic E-state index is -3.84. The number of carbonyl (C=O) groups excluding carboxylic acids is 2. The zero-order valence-corrected chi connectivity index (χ0v) is 17.6. The summed E-state index contributed by atoms with van der Waals surface area (Å²) in [6.07, 6.45) is 2.18. The monoisotopic (exact) mass is 427 g/mol. The highest BCUT2D eigenvalue weighted by atomic mass is 32.2. The van der Waals surface area contributed by atoms with E-state index in [-0.39, 0.29) is 29.7 Å². The molecule has 7 nitrogen and oxygen atoms in total. The first-order chi connectivity index (χ1) is 14.3. The zero-order chi connectivity index (χ0) is 21.7. The van der Waals surface area contributed by atoms with Crippen molar-refractivity contribution in [1.82, 2.24) is 9.62 Å². The van der Waals surface area contributed by atoms with Gasteiger partial charge in [0.15, 0.2) is 0 Å². The van der Waals surface area contributed by atoms with Crippen molar-refractivity contribution in [3.05, 3.63) is 72.3 Å². The van der Waals surface area contributed by atoms with Crippen LogP contribution in [0.1, 0.15) is 30.5 Å². The smallest absolute Gasteiger partial charge is 0.243 e. The van der Waals surface area contributed by atoms with Gasteiger partial charge in [-0.25, -0.2) is 8.42 Å². The summed E-state index contributed by atoms with van der Waals surface area (Å²) in [4.78, 5) is 23.7. The van der Waals surface area contributed by atoms with E-state index in [9.17, 15) is 18.0 Å². The third kappa shape index (κ3) is 4.77. The number of hydrogen-bond acceptors (Lipinski definition) is 4. The molecular formula is C22H25N3O4S. The number of amides is 2. The summed E-state index contributed by atoms with van der Waals surface area (Å²) in [6, 6.07) is 13.1. The maximum absolute atomic E-state index is 13.4. The average Bonchev–Trinajstić information content (AvgIpc) is 2.72. The van der Waals surface area contributed by atoms with Crippen LogP contribution in [0.5, 0.6) is 0 Å². The van der Waals surface area contributed by atoms with Gasteiger partial charge in [-0.15, -0.1) is 6.58 Å². The molecule has 2 aromatic rings. The highest BCUT2D eigenvalue weighted by molar-refractivity contribution is 7.89. The topological polar surface area (TPSA) is 95.6 Å². The number of nitrogens with one attached hydrogen (secondary N) is 2. The number of nitrogens with zero attached hydrogens (tertiary/aromatic N) is 1. The van der Waals surface area contributed by atoms with Crippen molar-refractivity contribution in [2.75, 3.05) is 18.4 Å². The van der Waals surface area contributed by atoms with E-state index in [0.29, 0.717) is 18.7 Å². The van der Waals surface area contributed by atoms with Gasteiger partial charge in [-0.3, -0.25) is 9.59 Å². The predicted octanol–water partition coefficient (Wildman–Crippen LogP) is 2.63. The van der Waals surface area contributed by atoms with Crippen molar-refractivity contribution in [2.24, 2.45) is 0 Å². The van der Waals surface area contributed by atoms with Gasteiger partial charge in [0, 0.05) is 32.1 Å². The lowest BCUT2D eigenvalue weighted by Gasteiger charge is -2.36. The van der Waals surface area contributed by atoms with Crippen LogP contribution < -0.4 is 10.6 Å². The van der Waals surface area contributed by atoms with E-state index in [0.717, 1.165) is 11.1 Å². The molecule has 1 heterocycles. The number of hydrogen-bond donors (Lipinski definition) is 2. The first kappa shape index (κ1) is 21.7. The van der Waals surface area contributed by atoms with Crippen LogP contribution in [-0.4, -0.2) is 37.6 Å². The number of sulfonamides is 1. The van der Waals surface area contributed by atoms with Gasteiger partial charge in [0.25, 0.3) is 0 Å². The van der Waals surface area contributed by atoms with Gasteiger partial charge >= 0.3 is 0 Å². The Balaban J connectivity index is 1.93. The summed E-state index contributed by atoms with van der Waals surface area (Å²) < 4.78 is 28.3. The fraction of sp³-hybridized carbons (Fsp3) is 0.273. The van der Waals surface area contributed by atoms with E-state index >= 15 is 0 Å². The second-order valence-electron chi connectivity index (χ2n) is 7.08. The van der Waals surface area contributed by atoms with Gasteiger partial charge in [0.2, 0.25) is 21.8 Å². The Labute approximate surface area is 176 Å². The van der Waals surface area contributed by atoms with Gasteiger partial charge in [0.05, 0.1) is 10.9 Å². The third-order valence-corrected chi connectivity index (χ3v) is 6.89. The maximum Gasteiger partial charge on any atom is 0.243 e. The molecule has 8 heteroatoms. The molecule has 0 aliphatic carbocycles. The Morgan fingerprint density at radius 1 is 1.17 bits per heavy atom.